The summed E-state index contributed by atoms with van der Waals surface area (Å²) in [5.41, 5.74) is 3.42. The van der Waals surface area contributed by atoms with Crippen LogP contribution < -0.4 is 10.9 Å². The first-order chi connectivity index (χ1) is 13.0. The van der Waals surface area contributed by atoms with E-state index in [1.165, 1.54) is 21.8 Å². The van der Waals surface area contributed by atoms with Gasteiger partial charge >= 0.3 is 0 Å². The van der Waals surface area contributed by atoms with Gasteiger partial charge in [-0.15, -0.1) is 11.3 Å². The Morgan fingerprint density at radius 3 is 2.74 bits per heavy atom. The summed E-state index contributed by atoms with van der Waals surface area (Å²) in [6, 6.07) is 9.22. The van der Waals surface area contributed by atoms with Gasteiger partial charge in [0.2, 0.25) is 0 Å². The highest BCUT2D eigenvalue weighted by molar-refractivity contribution is 7.17. The van der Waals surface area contributed by atoms with Gasteiger partial charge in [0.15, 0.2) is 4.96 Å². The average molecular weight is 380 g/mol. The molecular weight excluding hydrogens is 360 g/mol. The zero-order chi connectivity index (χ0) is 19.6. The van der Waals surface area contributed by atoms with Gasteiger partial charge < -0.3 is 5.32 Å². The van der Waals surface area contributed by atoms with E-state index in [2.05, 4.69) is 23.3 Å². The Labute approximate surface area is 161 Å². The summed E-state index contributed by atoms with van der Waals surface area (Å²) in [7, 11) is 0. The number of carbonyl (C=O) groups excluding carboxylic acids is 1. The molecule has 0 aliphatic carbocycles. The van der Waals surface area contributed by atoms with Crippen LogP contribution in [0.4, 0.5) is 0 Å². The fourth-order valence-electron chi connectivity index (χ4n) is 3.12. The number of hydrogen-bond donors (Lipinski definition) is 1. The molecule has 0 aliphatic rings. The number of hydrogen-bond acceptors (Lipinski definition) is 5. The SMILES string of the molecule is CCNC(=O)c1c(C)sc2nc(Cc3cc(C#N)ccc3CC)cc(=O)n12. The summed E-state index contributed by atoms with van der Waals surface area (Å²) in [6.45, 7) is 6.19. The molecule has 0 bridgehead atoms. The first kappa shape index (κ1) is 18.8. The first-order valence-electron chi connectivity index (χ1n) is 8.80. The molecule has 0 aliphatic heterocycles. The van der Waals surface area contributed by atoms with E-state index in [4.69, 9.17) is 5.26 Å². The van der Waals surface area contributed by atoms with Crippen molar-refractivity contribution in [3.8, 4) is 6.07 Å². The van der Waals surface area contributed by atoms with Crippen molar-refractivity contribution in [3.05, 3.63) is 67.6 Å². The Kier molecular flexibility index (Phi) is 5.38. The maximum atomic E-state index is 12.7. The molecule has 27 heavy (non-hydrogen) atoms. The lowest BCUT2D eigenvalue weighted by molar-refractivity contribution is 0.0949. The van der Waals surface area contributed by atoms with Gasteiger partial charge in [0.1, 0.15) is 5.69 Å². The van der Waals surface area contributed by atoms with Crippen molar-refractivity contribution in [2.75, 3.05) is 6.54 Å². The van der Waals surface area contributed by atoms with E-state index in [-0.39, 0.29) is 11.5 Å². The fraction of sp³-hybridized carbons (Fsp3) is 0.300. The summed E-state index contributed by atoms with van der Waals surface area (Å²) in [4.78, 5) is 30.9. The number of nitriles is 1. The minimum Gasteiger partial charge on any atom is -0.351 e. The van der Waals surface area contributed by atoms with Crippen molar-refractivity contribution in [1.82, 2.24) is 14.7 Å². The maximum Gasteiger partial charge on any atom is 0.269 e. The van der Waals surface area contributed by atoms with Crippen molar-refractivity contribution >= 4 is 22.2 Å². The monoisotopic (exact) mass is 380 g/mol. The van der Waals surface area contributed by atoms with Gasteiger partial charge in [-0.3, -0.25) is 9.59 Å². The number of aromatic nitrogens is 2. The standard InChI is InChI=1S/C20H20N4O2S/c1-4-14-7-6-13(11-21)8-15(14)9-16-10-17(25)24-18(19(26)22-5-2)12(3)27-20(24)23-16/h6-8,10H,4-5,9H2,1-3H3,(H,22,26). The zero-order valence-corrected chi connectivity index (χ0v) is 16.3. The van der Waals surface area contributed by atoms with Gasteiger partial charge in [0.05, 0.1) is 17.3 Å². The number of nitrogens with zero attached hydrogens (tertiary/aromatic N) is 3. The van der Waals surface area contributed by atoms with E-state index in [1.54, 1.807) is 6.07 Å². The lowest BCUT2D eigenvalue weighted by Crippen LogP contribution is -2.28. The second-order valence-electron chi connectivity index (χ2n) is 6.20. The number of carbonyl (C=O) groups is 1. The second kappa shape index (κ2) is 7.72. The van der Waals surface area contributed by atoms with Crippen LogP contribution >= 0.6 is 11.3 Å². The minimum atomic E-state index is -0.270. The summed E-state index contributed by atoms with van der Waals surface area (Å²) in [5.74, 6) is -0.270. The highest BCUT2D eigenvalue weighted by Crippen LogP contribution is 2.21. The Morgan fingerprint density at radius 1 is 1.30 bits per heavy atom. The van der Waals surface area contributed by atoms with Crippen molar-refractivity contribution in [2.24, 2.45) is 0 Å². The number of amides is 1. The van der Waals surface area contributed by atoms with E-state index in [0.29, 0.717) is 34.9 Å². The molecule has 0 atom stereocenters. The lowest BCUT2D eigenvalue weighted by Gasteiger charge is -2.08. The van der Waals surface area contributed by atoms with Crippen molar-refractivity contribution in [2.45, 2.75) is 33.6 Å². The Morgan fingerprint density at radius 2 is 2.07 bits per heavy atom. The van der Waals surface area contributed by atoms with Crippen molar-refractivity contribution in [3.63, 3.8) is 0 Å². The number of rotatable bonds is 5. The molecule has 0 saturated heterocycles. The van der Waals surface area contributed by atoms with Gasteiger partial charge in [-0.05, 0) is 43.5 Å². The summed E-state index contributed by atoms with van der Waals surface area (Å²) < 4.78 is 1.38. The van der Waals surface area contributed by atoms with Crippen LogP contribution in [-0.4, -0.2) is 21.8 Å². The van der Waals surface area contributed by atoms with Crippen LogP contribution in [0.3, 0.4) is 0 Å². The molecule has 0 saturated carbocycles. The third kappa shape index (κ3) is 3.62. The van der Waals surface area contributed by atoms with E-state index in [9.17, 15) is 9.59 Å². The Bertz CT molecular complexity index is 1120. The summed E-state index contributed by atoms with van der Waals surface area (Å²) in [5, 5.41) is 11.9. The van der Waals surface area contributed by atoms with Crippen LogP contribution in [0.5, 0.6) is 0 Å². The zero-order valence-electron chi connectivity index (χ0n) is 15.5. The third-order valence-corrected chi connectivity index (χ3v) is 5.34. The fourth-order valence-corrected chi connectivity index (χ4v) is 4.11. The molecule has 3 aromatic rings. The summed E-state index contributed by atoms with van der Waals surface area (Å²) in [6.07, 6.45) is 1.31. The molecule has 0 spiro atoms. The molecule has 0 unspecified atom stereocenters. The topological polar surface area (TPSA) is 87.3 Å². The molecular formula is C20H20N4O2S. The van der Waals surface area contributed by atoms with Gasteiger partial charge in [-0.2, -0.15) is 5.26 Å². The molecule has 138 valence electrons. The van der Waals surface area contributed by atoms with Crippen LogP contribution in [0.1, 0.15) is 51.6 Å². The normalized spacial score (nSPS) is 10.7. The van der Waals surface area contributed by atoms with E-state index < -0.39 is 0 Å². The smallest absolute Gasteiger partial charge is 0.269 e. The van der Waals surface area contributed by atoms with Crippen LogP contribution in [0.25, 0.3) is 4.96 Å². The van der Waals surface area contributed by atoms with Gasteiger partial charge in [0.25, 0.3) is 11.5 Å². The molecule has 3 rings (SSSR count). The third-order valence-electron chi connectivity index (χ3n) is 4.38. The van der Waals surface area contributed by atoms with Crippen LogP contribution in [-0.2, 0) is 12.8 Å². The molecule has 0 fully saturated rings. The number of aryl methyl sites for hydroxylation is 2. The quantitative estimate of drug-likeness (QED) is 0.737. The highest BCUT2D eigenvalue weighted by atomic mass is 32.1. The molecule has 1 amide bonds. The predicted octanol–water partition coefficient (Wildman–Crippen LogP) is 2.84. The lowest BCUT2D eigenvalue weighted by atomic mass is 9.98. The molecule has 7 heteroatoms. The molecule has 1 aromatic carbocycles. The molecule has 1 N–H and O–H groups in total. The van der Waals surface area contributed by atoms with Gasteiger partial charge in [0, 0.05) is 23.9 Å². The minimum absolute atomic E-state index is 0.268. The molecule has 2 heterocycles. The van der Waals surface area contributed by atoms with E-state index in [0.717, 1.165) is 22.4 Å². The molecule has 0 radical (unpaired) electrons. The van der Waals surface area contributed by atoms with Crippen molar-refractivity contribution < 1.29 is 4.79 Å². The van der Waals surface area contributed by atoms with Gasteiger partial charge in [-0.1, -0.05) is 13.0 Å². The van der Waals surface area contributed by atoms with Crippen LogP contribution in [0.15, 0.2) is 29.1 Å². The largest absolute Gasteiger partial charge is 0.351 e. The Hall–Kier alpha value is -2.98. The number of thiazole rings is 1. The number of benzene rings is 1. The molecule has 2 aromatic heterocycles. The Balaban J connectivity index is 2.08. The highest BCUT2D eigenvalue weighted by Gasteiger charge is 2.19. The van der Waals surface area contributed by atoms with Crippen LogP contribution in [0, 0.1) is 18.3 Å². The van der Waals surface area contributed by atoms with Gasteiger partial charge in [-0.25, -0.2) is 9.38 Å². The van der Waals surface area contributed by atoms with E-state index in [1.807, 2.05) is 26.0 Å². The number of fused-ring (bicyclic) bond motifs is 1. The van der Waals surface area contributed by atoms with Crippen LogP contribution in [0.2, 0.25) is 0 Å². The van der Waals surface area contributed by atoms with Crippen molar-refractivity contribution in [1.29, 1.82) is 5.26 Å². The predicted molar refractivity (Wildman–Crippen MR) is 105 cm³/mol. The molecule has 6 nitrogen and oxygen atoms in total. The first-order valence-corrected chi connectivity index (χ1v) is 9.62. The second-order valence-corrected chi connectivity index (χ2v) is 7.38. The van der Waals surface area contributed by atoms with E-state index >= 15 is 0 Å². The summed E-state index contributed by atoms with van der Waals surface area (Å²) >= 11 is 1.33. The maximum absolute atomic E-state index is 12.7. The average Bonchev–Trinajstić information content (AvgIpc) is 2.98. The number of nitrogens with one attached hydrogen (secondary N) is 1.